The molecule has 0 aliphatic rings. The van der Waals surface area contributed by atoms with E-state index in [-0.39, 0.29) is 11.2 Å². The number of hydrogen-bond acceptors (Lipinski definition) is 5. The van der Waals surface area contributed by atoms with Gasteiger partial charge in [-0.3, -0.25) is 4.79 Å². The quantitative estimate of drug-likeness (QED) is 0.519. The van der Waals surface area contributed by atoms with E-state index in [1.165, 1.54) is 11.8 Å². The highest BCUT2D eigenvalue weighted by Gasteiger charge is 2.17. The Morgan fingerprint density at radius 1 is 1.08 bits per heavy atom. The van der Waals surface area contributed by atoms with E-state index < -0.39 is 0 Å². The van der Waals surface area contributed by atoms with E-state index in [1.807, 2.05) is 68.4 Å². The lowest BCUT2D eigenvalue weighted by molar-refractivity contribution is -0.120. The van der Waals surface area contributed by atoms with Crippen molar-refractivity contribution in [1.82, 2.24) is 15.3 Å². The molecule has 2 aromatic carbocycles. The third-order valence-electron chi connectivity index (χ3n) is 3.62. The normalized spacial score (nSPS) is 11.9. The molecular formula is C19H20N4OS. The van der Waals surface area contributed by atoms with Gasteiger partial charge in [0.15, 0.2) is 5.16 Å². The number of anilines is 2. The van der Waals surface area contributed by atoms with Gasteiger partial charge in [0, 0.05) is 17.6 Å². The Morgan fingerprint density at radius 2 is 1.80 bits per heavy atom. The Morgan fingerprint density at radius 3 is 2.56 bits per heavy atom. The van der Waals surface area contributed by atoms with Gasteiger partial charge in [0.1, 0.15) is 5.82 Å². The van der Waals surface area contributed by atoms with Crippen LogP contribution >= 0.6 is 11.8 Å². The summed E-state index contributed by atoms with van der Waals surface area (Å²) in [6.45, 7) is 4.38. The predicted molar refractivity (Wildman–Crippen MR) is 103 cm³/mol. The van der Waals surface area contributed by atoms with Crippen molar-refractivity contribution in [3.63, 3.8) is 0 Å². The number of rotatable bonds is 6. The first-order valence-electron chi connectivity index (χ1n) is 8.20. The van der Waals surface area contributed by atoms with Gasteiger partial charge >= 0.3 is 0 Å². The van der Waals surface area contributed by atoms with Crippen molar-refractivity contribution in [2.75, 3.05) is 11.9 Å². The fourth-order valence-electron chi connectivity index (χ4n) is 2.39. The van der Waals surface area contributed by atoms with E-state index in [0.717, 1.165) is 22.4 Å². The van der Waals surface area contributed by atoms with Crippen LogP contribution in [0.1, 0.15) is 13.8 Å². The highest BCUT2D eigenvalue weighted by Crippen LogP contribution is 2.28. The molecule has 1 atom stereocenters. The summed E-state index contributed by atoms with van der Waals surface area (Å²) in [6.07, 6.45) is 0. The molecule has 1 heterocycles. The zero-order chi connectivity index (χ0) is 17.6. The van der Waals surface area contributed by atoms with E-state index in [2.05, 4.69) is 20.6 Å². The summed E-state index contributed by atoms with van der Waals surface area (Å²) < 4.78 is 0. The molecule has 0 aliphatic carbocycles. The predicted octanol–water partition coefficient (Wildman–Crippen LogP) is 3.99. The van der Waals surface area contributed by atoms with Gasteiger partial charge in [0.25, 0.3) is 0 Å². The molecule has 0 spiro atoms. The molecule has 0 fully saturated rings. The second kappa shape index (κ2) is 7.98. The molecule has 1 amide bonds. The number of carbonyl (C=O) groups excluding carboxylic acids is 1. The first-order chi connectivity index (χ1) is 12.2. The highest BCUT2D eigenvalue weighted by molar-refractivity contribution is 8.00. The summed E-state index contributed by atoms with van der Waals surface area (Å²) in [4.78, 5) is 21.2. The number of amides is 1. The molecule has 3 aromatic rings. The largest absolute Gasteiger partial charge is 0.355 e. The molecule has 128 valence electrons. The molecule has 0 aliphatic heterocycles. The van der Waals surface area contributed by atoms with Gasteiger partial charge in [0.2, 0.25) is 5.91 Å². The Hall–Kier alpha value is -2.60. The minimum Gasteiger partial charge on any atom is -0.355 e. The van der Waals surface area contributed by atoms with E-state index in [4.69, 9.17) is 0 Å². The van der Waals surface area contributed by atoms with Gasteiger partial charge in [-0.15, -0.1) is 0 Å². The third kappa shape index (κ3) is 4.28. The fourth-order valence-corrected chi connectivity index (χ4v) is 3.19. The van der Waals surface area contributed by atoms with Gasteiger partial charge in [-0.2, -0.15) is 0 Å². The average Bonchev–Trinajstić information content (AvgIpc) is 2.63. The van der Waals surface area contributed by atoms with Crippen LogP contribution in [0.5, 0.6) is 0 Å². The van der Waals surface area contributed by atoms with Gasteiger partial charge < -0.3 is 10.6 Å². The molecule has 25 heavy (non-hydrogen) atoms. The van der Waals surface area contributed by atoms with Crippen LogP contribution in [0.4, 0.5) is 11.5 Å². The molecule has 6 heteroatoms. The summed E-state index contributed by atoms with van der Waals surface area (Å²) in [5.41, 5.74) is 1.81. The van der Waals surface area contributed by atoms with Gasteiger partial charge in [0.05, 0.1) is 10.8 Å². The Bertz CT molecular complexity index is 870. The molecule has 0 bridgehead atoms. The third-order valence-corrected chi connectivity index (χ3v) is 4.58. The molecule has 3 rings (SSSR count). The summed E-state index contributed by atoms with van der Waals surface area (Å²) in [6, 6.07) is 17.7. The number of para-hydroxylation sites is 2. The van der Waals surface area contributed by atoms with Crippen LogP contribution in [0.15, 0.2) is 59.8 Å². The van der Waals surface area contributed by atoms with Crippen LogP contribution in [0.25, 0.3) is 10.9 Å². The van der Waals surface area contributed by atoms with E-state index >= 15 is 0 Å². The maximum absolute atomic E-state index is 12.0. The minimum atomic E-state index is -0.259. The average molecular weight is 352 g/mol. The van der Waals surface area contributed by atoms with Gasteiger partial charge in [-0.1, -0.05) is 42.1 Å². The number of thioether (sulfide) groups is 1. The standard InChI is InChI=1S/C19H20N4OS/c1-3-20-18(24)13(2)25-19-22-16-12-8-7-11-15(16)17(23-19)21-14-9-5-4-6-10-14/h4-13H,3H2,1-2H3,(H,20,24)(H,21,22,23)/t13-/m1/s1. The number of benzene rings is 2. The second-order valence-electron chi connectivity index (χ2n) is 5.52. The molecule has 1 aromatic heterocycles. The summed E-state index contributed by atoms with van der Waals surface area (Å²) in [7, 11) is 0. The number of hydrogen-bond donors (Lipinski definition) is 2. The Labute approximate surface area is 151 Å². The summed E-state index contributed by atoms with van der Waals surface area (Å²) in [5.74, 6) is 0.726. The van der Waals surface area contributed by atoms with Crippen molar-refractivity contribution in [2.24, 2.45) is 0 Å². The van der Waals surface area contributed by atoms with Crippen LogP contribution in [-0.2, 0) is 4.79 Å². The highest BCUT2D eigenvalue weighted by atomic mass is 32.2. The van der Waals surface area contributed by atoms with Crippen molar-refractivity contribution in [2.45, 2.75) is 24.3 Å². The Kier molecular flexibility index (Phi) is 5.50. The fraction of sp³-hybridized carbons (Fsp3) is 0.211. The van der Waals surface area contributed by atoms with Crippen molar-refractivity contribution in [1.29, 1.82) is 0 Å². The molecule has 0 saturated heterocycles. The molecule has 0 saturated carbocycles. The topological polar surface area (TPSA) is 66.9 Å². The maximum atomic E-state index is 12.0. The number of nitrogens with zero attached hydrogens (tertiary/aromatic N) is 2. The molecule has 0 radical (unpaired) electrons. The number of fused-ring (bicyclic) bond motifs is 1. The van der Waals surface area contributed by atoms with E-state index in [0.29, 0.717) is 11.7 Å². The van der Waals surface area contributed by atoms with E-state index in [1.54, 1.807) is 0 Å². The van der Waals surface area contributed by atoms with Crippen LogP contribution in [0.2, 0.25) is 0 Å². The van der Waals surface area contributed by atoms with Gasteiger partial charge in [-0.25, -0.2) is 9.97 Å². The van der Waals surface area contributed by atoms with Crippen LogP contribution in [0.3, 0.4) is 0 Å². The number of nitrogens with one attached hydrogen (secondary N) is 2. The number of aromatic nitrogens is 2. The summed E-state index contributed by atoms with van der Waals surface area (Å²) >= 11 is 1.36. The lowest BCUT2D eigenvalue weighted by Gasteiger charge is -2.13. The minimum absolute atomic E-state index is 0.0122. The smallest absolute Gasteiger partial charge is 0.233 e. The molecular weight excluding hydrogens is 332 g/mol. The zero-order valence-electron chi connectivity index (χ0n) is 14.2. The number of carbonyl (C=O) groups is 1. The molecule has 0 unspecified atom stereocenters. The molecule has 2 N–H and O–H groups in total. The lowest BCUT2D eigenvalue weighted by Crippen LogP contribution is -2.30. The van der Waals surface area contributed by atoms with Gasteiger partial charge in [-0.05, 0) is 38.1 Å². The van der Waals surface area contributed by atoms with Crippen LogP contribution < -0.4 is 10.6 Å². The first-order valence-corrected chi connectivity index (χ1v) is 9.08. The lowest BCUT2D eigenvalue weighted by atomic mass is 10.2. The van der Waals surface area contributed by atoms with Crippen molar-refractivity contribution >= 4 is 40.1 Å². The van der Waals surface area contributed by atoms with Crippen LogP contribution in [-0.4, -0.2) is 27.7 Å². The Balaban J connectivity index is 1.93. The van der Waals surface area contributed by atoms with Crippen molar-refractivity contribution in [3.8, 4) is 0 Å². The molecule has 5 nitrogen and oxygen atoms in total. The van der Waals surface area contributed by atoms with E-state index in [9.17, 15) is 4.79 Å². The maximum Gasteiger partial charge on any atom is 0.233 e. The zero-order valence-corrected chi connectivity index (χ0v) is 15.0. The SMILES string of the molecule is CCNC(=O)[C@@H](C)Sc1nc(Nc2ccccc2)c2ccccc2n1. The van der Waals surface area contributed by atoms with Crippen molar-refractivity contribution < 1.29 is 4.79 Å². The first kappa shape index (κ1) is 17.2. The summed E-state index contributed by atoms with van der Waals surface area (Å²) in [5, 5.41) is 7.44. The van der Waals surface area contributed by atoms with Crippen molar-refractivity contribution in [3.05, 3.63) is 54.6 Å². The monoisotopic (exact) mass is 352 g/mol. The second-order valence-corrected chi connectivity index (χ2v) is 6.83. The van der Waals surface area contributed by atoms with Crippen LogP contribution in [0, 0.1) is 0 Å².